The number of alkyl halides is 1. The molecule has 0 amide bonds. The lowest BCUT2D eigenvalue weighted by molar-refractivity contribution is 0.0965. The monoisotopic (exact) mass is 324 g/mol. The molecule has 3 heterocycles. The smallest absolute Gasteiger partial charge is 0.192 e. The number of aromatic nitrogens is 2. The number of fused-ring (bicyclic) bond motifs is 1. The second kappa shape index (κ2) is 4.52. The maximum atomic E-state index is 12.1. The van der Waals surface area contributed by atoms with Crippen LogP contribution in [0.1, 0.15) is 16.9 Å². The van der Waals surface area contributed by atoms with Crippen LogP contribution in [0.25, 0.3) is 11.3 Å². The molecule has 1 unspecified atom stereocenters. The Balaban J connectivity index is 2.19. The third kappa shape index (κ3) is 1.80. The Hall–Kier alpha value is -1.13. The standard InChI is InChI=1S/C13H10BrClN2O/c14-9-3-5-17-11(13(9)18)6-10(15)12(17)8-2-1-4-16-7-8/h1-2,4,6-7,9H,3,5H2. The van der Waals surface area contributed by atoms with Crippen LogP contribution in [0.5, 0.6) is 0 Å². The van der Waals surface area contributed by atoms with E-state index < -0.39 is 0 Å². The van der Waals surface area contributed by atoms with Gasteiger partial charge in [0.25, 0.3) is 0 Å². The molecular formula is C13H10BrClN2O. The summed E-state index contributed by atoms with van der Waals surface area (Å²) in [4.78, 5) is 16.1. The molecule has 0 N–H and O–H groups in total. The van der Waals surface area contributed by atoms with Gasteiger partial charge in [-0.15, -0.1) is 0 Å². The number of rotatable bonds is 1. The van der Waals surface area contributed by atoms with E-state index in [1.807, 2.05) is 16.7 Å². The molecule has 0 spiro atoms. The molecule has 0 aromatic carbocycles. The van der Waals surface area contributed by atoms with Crippen molar-refractivity contribution in [2.24, 2.45) is 0 Å². The molecule has 0 aliphatic carbocycles. The molecule has 3 rings (SSSR count). The zero-order valence-electron chi connectivity index (χ0n) is 9.44. The van der Waals surface area contributed by atoms with Gasteiger partial charge in [0.1, 0.15) is 0 Å². The number of Topliss-reactive ketones (excluding diaryl/α,β-unsaturated/α-hetero) is 1. The van der Waals surface area contributed by atoms with E-state index in [-0.39, 0.29) is 10.6 Å². The Morgan fingerprint density at radius 3 is 3.06 bits per heavy atom. The Morgan fingerprint density at radius 1 is 1.50 bits per heavy atom. The topological polar surface area (TPSA) is 34.9 Å². The van der Waals surface area contributed by atoms with Gasteiger partial charge in [0, 0.05) is 24.5 Å². The van der Waals surface area contributed by atoms with Crippen LogP contribution in [0, 0.1) is 0 Å². The number of hydrogen-bond acceptors (Lipinski definition) is 2. The number of hydrogen-bond donors (Lipinski definition) is 0. The van der Waals surface area contributed by atoms with E-state index >= 15 is 0 Å². The number of carbonyl (C=O) groups excluding carboxylic acids is 1. The van der Waals surface area contributed by atoms with Gasteiger partial charge in [-0.2, -0.15) is 0 Å². The molecule has 5 heteroatoms. The first-order valence-corrected chi connectivity index (χ1v) is 6.95. The first-order chi connectivity index (χ1) is 8.68. The van der Waals surface area contributed by atoms with Crippen molar-refractivity contribution in [2.75, 3.05) is 0 Å². The molecule has 0 bridgehead atoms. The van der Waals surface area contributed by atoms with Gasteiger partial charge in [-0.1, -0.05) is 27.5 Å². The molecule has 92 valence electrons. The first kappa shape index (κ1) is 11.9. The van der Waals surface area contributed by atoms with Gasteiger partial charge >= 0.3 is 0 Å². The van der Waals surface area contributed by atoms with Crippen LogP contribution in [-0.4, -0.2) is 20.2 Å². The highest BCUT2D eigenvalue weighted by Gasteiger charge is 2.29. The van der Waals surface area contributed by atoms with Crippen LogP contribution >= 0.6 is 27.5 Å². The second-order valence-corrected chi connectivity index (χ2v) is 5.75. The Morgan fingerprint density at radius 2 is 2.33 bits per heavy atom. The zero-order valence-corrected chi connectivity index (χ0v) is 11.8. The summed E-state index contributed by atoms with van der Waals surface area (Å²) >= 11 is 9.66. The van der Waals surface area contributed by atoms with Crippen LogP contribution < -0.4 is 0 Å². The van der Waals surface area contributed by atoms with E-state index in [9.17, 15) is 4.79 Å². The Kier molecular flexibility index (Phi) is 2.99. The van der Waals surface area contributed by atoms with Crippen molar-refractivity contribution < 1.29 is 4.79 Å². The van der Waals surface area contributed by atoms with Crippen LogP contribution in [0.4, 0.5) is 0 Å². The van der Waals surface area contributed by atoms with Gasteiger partial charge < -0.3 is 4.57 Å². The summed E-state index contributed by atoms with van der Waals surface area (Å²) in [6.07, 6.45) is 4.26. The molecule has 2 aromatic heterocycles. The lowest BCUT2D eigenvalue weighted by Gasteiger charge is -2.20. The van der Waals surface area contributed by atoms with E-state index in [1.165, 1.54) is 0 Å². The van der Waals surface area contributed by atoms with Crippen molar-refractivity contribution in [1.29, 1.82) is 0 Å². The number of carbonyl (C=O) groups is 1. The third-order valence-corrected chi connectivity index (χ3v) is 4.29. The molecule has 18 heavy (non-hydrogen) atoms. The molecule has 1 atom stereocenters. The maximum Gasteiger partial charge on any atom is 0.192 e. The summed E-state index contributed by atoms with van der Waals surface area (Å²) in [5.74, 6) is 0.0956. The summed E-state index contributed by atoms with van der Waals surface area (Å²) in [5.41, 5.74) is 2.49. The fraction of sp³-hybridized carbons (Fsp3) is 0.231. The van der Waals surface area contributed by atoms with Crippen LogP contribution in [0.2, 0.25) is 5.02 Å². The molecule has 0 fully saturated rings. The summed E-state index contributed by atoms with van der Waals surface area (Å²) < 4.78 is 1.99. The number of halogens is 2. The number of pyridine rings is 1. The van der Waals surface area contributed by atoms with Gasteiger partial charge in [0.2, 0.25) is 0 Å². The predicted octanol–water partition coefficient (Wildman–Crippen LogP) is 3.55. The molecule has 1 aliphatic rings. The summed E-state index contributed by atoms with van der Waals surface area (Å²) in [7, 11) is 0. The molecule has 2 aromatic rings. The highest BCUT2D eigenvalue weighted by Crippen LogP contribution is 2.35. The Bertz CT molecular complexity index is 609. The van der Waals surface area contributed by atoms with Crippen LogP contribution in [0.3, 0.4) is 0 Å². The average Bonchev–Trinajstić information content (AvgIpc) is 2.72. The SMILES string of the molecule is O=C1c2cc(Cl)c(-c3cccnc3)n2CCC1Br. The van der Waals surface area contributed by atoms with E-state index in [4.69, 9.17) is 11.6 Å². The van der Waals surface area contributed by atoms with Crippen molar-refractivity contribution in [2.45, 2.75) is 17.8 Å². The third-order valence-electron chi connectivity index (χ3n) is 3.13. The largest absolute Gasteiger partial charge is 0.337 e. The first-order valence-electron chi connectivity index (χ1n) is 5.66. The minimum Gasteiger partial charge on any atom is -0.337 e. The summed E-state index contributed by atoms with van der Waals surface area (Å²) in [6, 6.07) is 5.56. The van der Waals surface area contributed by atoms with Crippen LogP contribution in [-0.2, 0) is 6.54 Å². The average molecular weight is 326 g/mol. The van der Waals surface area contributed by atoms with Gasteiger partial charge in [-0.05, 0) is 24.6 Å². The molecular weight excluding hydrogens is 316 g/mol. The van der Waals surface area contributed by atoms with Gasteiger partial charge in [0.05, 0.1) is 21.2 Å². The number of ketones is 1. The lowest BCUT2D eigenvalue weighted by Crippen LogP contribution is -2.26. The molecule has 1 aliphatic heterocycles. The Labute approximate surface area is 118 Å². The molecule has 3 nitrogen and oxygen atoms in total. The zero-order chi connectivity index (χ0) is 12.7. The van der Waals surface area contributed by atoms with Crippen LogP contribution in [0.15, 0.2) is 30.6 Å². The van der Waals surface area contributed by atoms with E-state index in [1.54, 1.807) is 18.5 Å². The minimum absolute atomic E-state index is 0.0956. The van der Waals surface area contributed by atoms with E-state index in [2.05, 4.69) is 20.9 Å². The molecule has 0 radical (unpaired) electrons. The predicted molar refractivity (Wildman–Crippen MR) is 74.3 cm³/mol. The lowest BCUT2D eigenvalue weighted by atomic mass is 10.1. The summed E-state index contributed by atoms with van der Waals surface area (Å²) in [6.45, 7) is 0.786. The highest BCUT2D eigenvalue weighted by molar-refractivity contribution is 9.10. The molecule has 0 saturated carbocycles. The fourth-order valence-electron chi connectivity index (χ4n) is 2.28. The highest BCUT2D eigenvalue weighted by atomic mass is 79.9. The normalized spacial score (nSPS) is 18.8. The fourth-order valence-corrected chi connectivity index (χ4v) is 3.04. The van der Waals surface area contributed by atoms with Crippen molar-refractivity contribution >= 4 is 33.3 Å². The van der Waals surface area contributed by atoms with E-state index in [0.717, 1.165) is 24.2 Å². The molecule has 0 saturated heterocycles. The maximum absolute atomic E-state index is 12.1. The summed E-state index contributed by atoms with van der Waals surface area (Å²) in [5, 5.41) is 0.605. The van der Waals surface area contributed by atoms with Gasteiger partial charge in [0.15, 0.2) is 5.78 Å². The number of nitrogens with zero attached hydrogens (tertiary/aromatic N) is 2. The van der Waals surface area contributed by atoms with Gasteiger partial charge in [-0.3, -0.25) is 9.78 Å². The van der Waals surface area contributed by atoms with Crippen molar-refractivity contribution in [3.63, 3.8) is 0 Å². The second-order valence-electron chi connectivity index (χ2n) is 4.24. The quantitative estimate of drug-likeness (QED) is 0.752. The van der Waals surface area contributed by atoms with Crippen molar-refractivity contribution in [3.8, 4) is 11.3 Å². The van der Waals surface area contributed by atoms with Crippen molar-refractivity contribution in [1.82, 2.24) is 9.55 Å². The minimum atomic E-state index is -0.0993. The van der Waals surface area contributed by atoms with E-state index in [0.29, 0.717) is 10.7 Å². The van der Waals surface area contributed by atoms with Crippen molar-refractivity contribution in [3.05, 3.63) is 41.3 Å². The van der Waals surface area contributed by atoms with Gasteiger partial charge in [-0.25, -0.2) is 0 Å².